The van der Waals surface area contributed by atoms with E-state index in [4.69, 9.17) is 4.52 Å². The fourth-order valence-corrected chi connectivity index (χ4v) is 6.83. The van der Waals surface area contributed by atoms with Crippen molar-refractivity contribution < 1.29 is 32.4 Å². The standard InChI is InChI=1S/C34H39F3N2O4/c1-21-5-8-27(36)26(13-21)32(2,3)16-24(40)17-34(19-39(20-34)23-9-11-33(4,42)12-10-23)18-30(41)29-15-31(43-38-29)25-7-6-22(35)14-28(25)37/h5-8,13-15,23,42H,9-12,16-20H2,1-4H3. The predicted molar refractivity (Wildman–Crippen MR) is 156 cm³/mol. The summed E-state index contributed by atoms with van der Waals surface area (Å²) in [5.74, 6) is -2.29. The maximum Gasteiger partial charge on any atom is 0.185 e. The quantitative estimate of drug-likeness (QED) is 0.255. The third kappa shape index (κ3) is 6.93. The van der Waals surface area contributed by atoms with Crippen LogP contribution in [-0.2, 0) is 10.2 Å². The first-order chi connectivity index (χ1) is 20.2. The molecule has 2 aromatic carbocycles. The van der Waals surface area contributed by atoms with Crippen LogP contribution in [-0.4, -0.2) is 51.5 Å². The van der Waals surface area contributed by atoms with Gasteiger partial charge in [-0.1, -0.05) is 36.7 Å². The van der Waals surface area contributed by atoms with E-state index in [0.29, 0.717) is 31.5 Å². The van der Waals surface area contributed by atoms with Gasteiger partial charge in [0.1, 0.15) is 28.9 Å². The Morgan fingerprint density at radius 3 is 2.40 bits per heavy atom. The molecule has 0 radical (unpaired) electrons. The Morgan fingerprint density at radius 1 is 1.02 bits per heavy atom. The first kappa shape index (κ1) is 31.1. The monoisotopic (exact) mass is 596 g/mol. The Balaban J connectivity index is 1.33. The highest BCUT2D eigenvalue weighted by atomic mass is 19.1. The summed E-state index contributed by atoms with van der Waals surface area (Å²) in [5, 5.41) is 14.3. The summed E-state index contributed by atoms with van der Waals surface area (Å²) in [4.78, 5) is 29.4. The summed E-state index contributed by atoms with van der Waals surface area (Å²) in [6.07, 6.45) is 3.35. The van der Waals surface area contributed by atoms with E-state index in [2.05, 4.69) is 10.1 Å². The number of aromatic nitrogens is 1. The van der Waals surface area contributed by atoms with Gasteiger partial charge in [-0.15, -0.1) is 0 Å². The molecule has 1 aromatic heterocycles. The molecule has 0 atom stereocenters. The summed E-state index contributed by atoms with van der Waals surface area (Å²) >= 11 is 0. The van der Waals surface area contributed by atoms with Gasteiger partial charge in [-0.25, -0.2) is 13.2 Å². The minimum atomic E-state index is -0.828. The predicted octanol–water partition coefficient (Wildman–Crippen LogP) is 6.96. The first-order valence-corrected chi connectivity index (χ1v) is 14.9. The molecule has 1 aliphatic heterocycles. The molecule has 1 aliphatic carbocycles. The molecular weight excluding hydrogens is 557 g/mol. The van der Waals surface area contributed by atoms with Gasteiger partial charge in [-0.05, 0) is 68.7 Å². The molecule has 5 rings (SSSR count). The second-order valence-electron chi connectivity index (χ2n) is 13.7. The highest BCUT2D eigenvalue weighted by Crippen LogP contribution is 2.44. The Bertz CT molecular complexity index is 1510. The van der Waals surface area contributed by atoms with Crippen molar-refractivity contribution in [2.24, 2.45) is 5.41 Å². The number of likely N-dealkylation sites (tertiary alicyclic amines) is 1. The van der Waals surface area contributed by atoms with Crippen molar-refractivity contribution in [2.75, 3.05) is 13.1 Å². The van der Waals surface area contributed by atoms with Gasteiger partial charge in [0.25, 0.3) is 0 Å². The van der Waals surface area contributed by atoms with Crippen LogP contribution in [0, 0.1) is 29.8 Å². The summed E-state index contributed by atoms with van der Waals surface area (Å²) in [6.45, 7) is 8.51. The number of ketones is 2. The van der Waals surface area contributed by atoms with Gasteiger partial charge in [-0.3, -0.25) is 14.5 Å². The Morgan fingerprint density at radius 2 is 1.72 bits per heavy atom. The maximum absolute atomic E-state index is 14.7. The number of aryl methyl sites for hydroxylation is 1. The Hall–Kier alpha value is -3.30. The lowest BCUT2D eigenvalue weighted by Gasteiger charge is -2.55. The van der Waals surface area contributed by atoms with Gasteiger partial charge in [-0.2, -0.15) is 0 Å². The summed E-state index contributed by atoms with van der Waals surface area (Å²) in [5.41, 5.74) is -0.653. The average molecular weight is 597 g/mol. The number of hydrogen-bond donors (Lipinski definition) is 1. The van der Waals surface area contributed by atoms with Crippen LogP contribution < -0.4 is 0 Å². The zero-order valence-electron chi connectivity index (χ0n) is 25.2. The van der Waals surface area contributed by atoms with E-state index in [1.54, 1.807) is 12.1 Å². The number of nitrogens with zero attached hydrogens (tertiary/aromatic N) is 2. The van der Waals surface area contributed by atoms with E-state index in [-0.39, 0.29) is 59.7 Å². The summed E-state index contributed by atoms with van der Waals surface area (Å²) in [6, 6.07) is 9.56. The molecule has 6 nitrogen and oxygen atoms in total. The SMILES string of the molecule is Cc1ccc(F)c(C(C)(C)CC(=O)CC2(CC(=O)c3cc(-c4ccc(F)cc4F)on3)CN(C3CCC(C)(O)CC3)C2)c1. The van der Waals surface area contributed by atoms with Crippen LogP contribution in [0.4, 0.5) is 13.2 Å². The van der Waals surface area contributed by atoms with Crippen molar-refractivity contribution in [3.8, 4) is 11.3 Å². The highest BCUT2D eigenvalue weighted by Gasteiger charge is 2.49. The molecular formula is C34H39F3N2O4. The van der Waals surface area contributed by atoms with Crippen LogP contribution in [0.1, 0.15) is 87.3 Å². The molecule has 3 aromatic rings. The molecule has 0 bridgehead atoms. The van der Waals surface area contributed by atoms with Crippen molar-refractivity contribution in [2.45, 2.75) is 89.7 Å². The fourth-order valence-electron chi connectivity index (χ4n) is 6.83. The van der Waals surface area contributed by atoms with Crippen molar-refractivity contribution >= 4 is 11.6 Å². The van der Waals surface area contributed by atoms with E-state index in [1.165, 1.54) is 18.2 Å². The van der Waals surface area contributed by atoms with Crippen molar-refractivity contribution in [3.63, 3.8) is 0 Å². The molecule has 1 N–H and O–H groups in total. The van der Waals surface area contributed by atoms with Crippen LogP contribution in [0.3, 0.4) is 0 Å². The van der Waals surface area contributed by atoms with Gasteiger partial charge in [0.2, 0.25) is 0 Å². The third-order valence-corrected chi connectivity index (χ3v) is 9.22. The number of carbonyl (C=O) groups excluding carboxylic acids is 2. The van der Waals surface area contributed by atoms with Crippen LogP contribution in [0.5, 0.6) is 0 Å². The molecule has 9 heteroatoms. The van der Waals surface area contributed by atoms with Crippen molar-refractivity contribution in [1.82, 2.24) is 10.1 Å². The number of Topliss-reactive ketones (excluding diaryl/α,β-unsaturated/α-hetero) is 2. The van der Waals surface area contributed by atoms with Crippen molar-refractivity contribution in [3.05, 3.63) is 76.7 Å². The molecule has 0 amide bonds. The van der Waals surface area contributed by atoms with Crippen LogP contribution >= 0.6 is 0 Å². The van der Waals surface area contributed by atoms with Crippen LogP contribution in [0.25, 0.3) is 11.3 Å². The first-order valence-electron chi connectivity index (χ1n) is 14.9. The number of halogens is 3. The molecule has 2 heterocycles. The highest BCUT2D eigenvalue weighted by molar-refractivity contribution is 5.96. The zero-order valence-corrected chi connectivity index (χ0v) is 25.2. The van der Waals surface area contributed by atoms with E-state index in [1.807, 2.05) is 27.7 Å². The topological polar surface area (TPSA) is 83.6 Å². The van der Waals surface area contributed by atoms with Gasteiger partial charge in [0, 0.05) is 55.9 Å². The molecule has 43 heavy (non-hydrogen) atoms. The largest absolute Gasteiger partial charge is 0.390 e. The zero-order chi connectivity index (χ0) is 31.2. The second-order valence-corrected chi connectivity index (χ2v) is 13.7. The van der Waals surface area contributed by atoms with Crippen LogP contribution in [0.2, 0.25) is 0 Å². The number of aliphatic hydroxyl groups is 1. The van der Waals surface area contributed by atoms with Crippen molar-refractivity contribution in [1.29, 1.82) is 0 Å². The number of rotatable bonds is 10. The van der Waals surface area contributed by atoms with Gasteiger partial charge >= 0.3 is 0 Å². The van der Waals surface area contributed by atoms with E-state index < -0.39 is 28.1 Å². The van der Waals surface area contributed by atoms with Gasteiger partial charge in [0.05, 0.1) is 11.2 Å². The average Bonchev–Trinajstić information content (AvgIpc) is 3.38. The van der Waals surface area contributed by atoms with E-state index >= 15 is 0 Å². The Kier molecular flexibility index (Phi) is 8.44. The fraction of sp³-hybridized carbons (Fsp3) is 0.500. The second kappa shape index (κ2) is 11.7. The third-order valence-electron chi connectivity index (χ3n) is 9.22. The van der Waals surface area contributed by atoms with Gasteiger partial charge < -0.3 is 9.63 Å². The molecule has 0 spiro atoms. The maximum atomic E-state index is 14.7. The normalized spacial score (nSPS) is 22.3. The lowest BCUT2D eigenvalue weighted by atomic mass is 9.68. The number of hydrogen-bond acceptors (Lipinski definition) is 6. The smallest absolute Gasteiger partial charge is 0.185 e. The molecule has 2 aliphatic rings. The summed E-state index contributed by atoms with van der Waals surface area (Å²) < 4.78 is 47.6. The molecule has 230 valence electrons. The molecule has 1 saturated heterocycles. The van der Waals surface area contributed by atoms with Crippen LogP contribution in [0.15, 0.2) is 47.0 Å². The van der Waals surface area contributed by atoms with E-state index in [0.717, 1.165) is 30.5 Å². The molecule has 1 saturated carbocycles. The van der Waals surface area contributed by atoms with Gasteiger partial charge in [0.15, 0.2) is 11.5 Å². The Labute approximate surface area is 250 Å². The minimum absolute atomic E-state index is 0.00791. The summed E-state index contributed by atoms with van der Waals surface area (Å²) in [7, 11) is 0. The van der Waals surface area contributed by atoms with E-state index in [9.17, 15) is 27.9 Å². The lowest BCUT2D eigenvalue weighted by molar-refractivity contribution is -0.128. The lowest BCUT2D eigenvalue weighted by Crippen LogP contribution is -2.62. The minimum Gasteiger partial charge on any atom is -0.390 e. The molecule has 2 fully saturated rings. The number of carbonyl (C=O) groups is 2. The molecule has 0 unspecified atom stereocenters. The number of benzene rings is 2.